The summed E-state index contributed by atoms with van der Waals surface area (Å²) >= 11 is 0. The van der Waals surface area contributed by atoms with Crippen LogP contribution in [-0.4, -0.2) is 60.2 Å². The zero-order valence-electron chi connectivity index (χ0n) is 17.3. The molecule has 1 aromatic rings. The van der Waals surface area contributed by atoms with Crippen molar-refractivity contribution in [1.82, 2.24) is 9.80 Å². The molecule has 1 amide bonds. The van der Waals surface area contributed by atoms with E-state index in [1.165, 1.54) is 6.07 Å². The molecule has 3 aliphatic rings. The monoisotopic (exact) mass is 388 g/mol. The average molecular weight is 388 g/mol. The van der Waals surface area contributed by atoms with Crippen molar-refractivity contribution in [2.75, 3.05) is 26.2 Å². The van der Waals surface area contributed by atoms with E-state index in [0.717, 1.165) is 39.0 Å². The van der Waals surface area contributed by atoms with Crippen molar-refractivity contribution in [3.8, 4) is 0 Å². The fourth-order valence-electron chi connectivity index (χ4n) is 3.77. The van der Waals surface area contributed by atoms with Gasteiger partial charge >= 0.3 is 7.12 Å². The molecular weight excluding hydrogens is 358 g/mol. The highest BCUT2D eigenvalue weighted by atomic mass is 19.1. The van der Waals surface area contributed by atoms with Crippen LogP contribution in [-0.2, 0) is 20.6 Å². The average Bonchev–Trinajstić information content (AvgIpc) is 3.44. The van der Waals surface area contributed by atoms with Crippen molar-refractivity contribution in [1.29, 1.82) is 0 Å². The SMILES string of the molecule is CC1(C)OB(c2ccc(CN3CCN(C(=O)C4CC4)CC3)c(F)c2)OC1(C)C. The van der Waals surface area contributed by atoms with Gasteiger partial charge in [-0.25, -0.2) is 4.39 Å². The van der Waals surface area contributed by atoms with Gasteiger partial charge in [-0.3, -0.25) is 9.69 Å². The highest BCUT2D eigenvalue weighted by molar-refractivity contribution is 6.62. The van der Waals surface area contributed by atoms with Crippen LogP contribution < -0.4 is 5.46 Å². The van der Waals surface area contributed by atoms with Crippen LogP contribution in [0.4, 0.5) is 4.39 Å². The molecule has 2 saturated heterocycles. The number of rotatable bonds is 4. The van der Waals surface area contributed by atoms with Crippen LogP contribution in [0, 0.1) is 11.7 Å². The number of piperazine rings is 1. The highest BCUT2D eigenvalue weighted by Gasteiger charge is 2.51. The van der Waals surface area contributed by atoms with E-state index in [1.807, 2.05) is 44.7 Å². The molecule has 0 spiro atoms. The Hall–Kier alpha value is -1.44. The Kier molecular flexibility index (Phi) is 5.05. The number of benzene rings is 1. The number of halogens is 1. The van der Waals surface area contributed by atoms with Gasteiger partial charge < -0.3 is 14.2 Å². The van der Waals surface area contributed by atoms with Gasteiger partial charge in [0.05, 0.1) is 11.2 Å². The quantitative estimate of drug-likeness (QED) is 0.742. The van der Waals surface area contributed by atoms with Crippen LogP contribution in [0.3, 0.4) is 0 Å². The van der Waals surface area contributed by atoms with E-state index in [9.17, 15) is 9.18 Å². The zero-order valence-corrected chi connectivity index (χ0v) is 17.3. The number of carbonyl (C=O) groups excluding carboxylic acids is 1. The second-order valence-electron chi connectivity index (χ2n) is 9.31. The Labute approximate surface area is 167 Å². The summed E-state index contributed by atoms with van der Waals surface area (Å²) in [5, 5.41) is 0. The molecular formula is C21H30BFN2O3. The summed E-state index contributed by atoms with van der Waals surface area (Å²) in [4.78, 5) is 16.3. The number of hydrogen-bond donors (Lipinski definition) is 0. The fourth-order valence-corrected chi connectivity index (χ4v) is 3.77. The van der Waals surface area contributed by atoms with Crippen LogP contribution in [0.5, 0.6) is 0 Å². The van der Waals surface area contributed by atoms with E-state index in [1.54, 1.807) is 0 Å². The topological polar surface area (TPSA) is 42.0 Å². The lowest BCUT2D eigenvalue weighted by molar-refractivity contribution is -0.134. The van der Waals surface area contributed by atoms with E-state index >= 15 is 0 Å². The summed E-state index contributed by atoms with van der Waals surface area (Å²) in [6.07, 6.45) is 2.08. The second-order valence-corrected chi connectivity index (χ2v) is 9.31. The first-order valence-corrected chi connectivity index (χ1v) is 10.3. The van der Waals surface area contributed by atoms with E-state index in [-0.39, 0.29) is 11.7 Å². The maximum atomic E-state index is 14.8. The predicted octanol–water partition coefficient (Wildman–Crippen LogP) is 2.18. The minimum atomic E-state index is -0.550. The van der Waals surface area contributed by atoms with Crippen LogP contribution in [0.15, 0.2) is 18.2 Å². The first kappa shape index (κ1) is 19.9. The lowest BCUT2D eigenvalue weighted by atomic mass is 9.78. The Morgan fingerprint density at radius 3 is 2.25 bits per heavy atom. The standard InChI is InChI=1S/C21H30BFN2O3/c1-20(2)21(3,4)28-22(27-20)17-8-7-16(18(23)13-17)14-24-9-11-25(12-10-24)19(26)15-5-6-15/h7-8,13,15H,5-6,9-12,14H2,1-4H3. The van der Waals surface area contributed by atoms with Gasteiger partial charge in [0.25, 0.3) is 0 Å². The minimum absolute atomic E-state index is 0.233. The lowest BCUT2D eigenvalue weighted by Crippen LogP contribution is -2.48. The van der Waals surface area contributed by atoms with Gasteiger partial charge in [-0.05, 0) is 52.1 Å². The second kappa shape index (κ2) is 7.11. The van der Waals surface area contributed by atoms with Gasteiger partial charge in [0.15, 0.2) is 0 Å². The molecule has 0 unspecified atom stereocenters. The molecule has 152 valence electrons. The summed E-state index contributed by atoms with van der Waals surface area (Å²) in [5.74, 6) is 0.341. The van der Waals surface area contributed by atoms with Crippen molar-refractivity contribution in [2.45, 2.75) is 58.3 Å². The van der Waals surface area contributed by atoms with E-state index in [2.05, 4.69) is 4.90 Å². The third-order valence-corrected chi connectivity index (χ3v) is 6.61. The van der Waals surface area contributed by atoms with Gasteiger partial charge in [-0.1, -0.05) is 12.1 Å². The predicted molar refractivity (Wildman–Crippen MR) is 107 cm³/mol. The molecule has 3 fully saturated rings. The molecule has 2 heterocycles. The zero-order chi connectivity index (χ0) is 20.1. The molecule has 0 N–H and O–H groups in total. The molecule has 0 radical (unpaired) electrons. The molecule has 0 aromatic heterocycles. The number of amides is 1. The normalized spacial score (nSPS) is 24.6. The smallest absolute Gasteiger partial charge is 0.399 e. The maximum absolute atomic E-state index is 14.8. The van der Waals surface area contributed by atoms with Crippen molar-refractivity contribution >= 4 is 18.5 Å². The van der Waals surface area contributed by atoms with Crippen molar-refractivity contribution in [3.63, 3.8) is 0 Å². The van der Waals surface area contributed by atoms with Crippen LogP contribution in [0.2, 0.25) is 0 Å². The third-order valence-electron chi connectivity index (χ3n) is 6.61. The molecule has 28 heavy (non-hydrogen) atoms. The Morgan fingerprint density at radius 1 is 1.11 bits per heavy atom. The molecule has 1 aromatic carbocycles. The summed E-state index contributed by atoms with van der Waals surface area (Å²) in [5.41, 5.74) is 0.497. The van der Waals surface area contributed by atoms with Gasteiger partial charge in [0, 0.05) is 44.2 Å². The molecule has 5 nitrogen and oxygen atoms in total. The molecule has 1 saturated carbocycles. The van der Waals surface area contributed by atoms with E-state index < -0.39 is 18.3 Å². The fraction of sp³-hybridized carbons (Fsp3) is 0.667. The minimum Gasteiger partial charge on any atom is -0.399 e. The number of carbonyl (C=O) groups is 1. The number of nitrogens with zero attached hydrogens (tertiary/aromatic N) is 2. The van der Waals surface area contributed by atoms with Crippen molar-refractivity contribution < 1.29 is 18.5 Å². The molecule has 1 aliphatic carbocycles. The molecule has 7 heteroatoms. The van der Waals surface area contributed by atoms with E-state index in [4.69, 9.17) is 9.31 Å². The molecule has 2 aliphatic heterocycles. The summed E-state index contributed by atoms with van der Waals surface area (Å²) < 4.78 is 26.8. The summed E-state index contributed by atoms with van der Waals surface area (Å²) in [7, 11) is -0.550. The van der Waals surface area contributed by atoms with Crippen LogP contribution >= 0.6 is 0 Å². The van der Waals surface area contributed by atoms with Crippen molar-refractivity contribution in [2.24, 2.45) is 5.92 Å². The molecule has 0 bridgehead atoms. The lowest BCUT2D eigenvalue weighted by Gasteiger charge is -2.35. The first-order chi connectivity index (χ1) is 13.2. The maximum Gasteiger partial charge on any atom is 0.494 e. The van der Waals surface area contributed by atoms with Gasteiger partial charge in [-0.2, -0.15) is 0 Å². The van der Waals surface area contributed by atoms with Gasteiger partial charge in [0.1, 0.15) is 5.82 Å². The molecule has 0 atom stereocenters. The summed E-state index contributed by atoms with van der Waals surface area (Å²) in [6.45, 7) is 11.6. The number of hydrogen-bond acceptors (Lipinski definition) is 4. The third kappa shape index (κ3) is 3.84. The Morgan fingerprint density at radius 2 is 1.71 bits per heavy atom. The Balaban J connectivity index is 1.36. The van der Waals surface area contributed by atoms with Crippen LogP contribution in [0.25, 0.3) is 0 Å². The first-order valence-electron chi connectivity index (χ1n) is 10.3. The Bertz CT molecular complexity index is 742. The van der Waals surface area contributed by atoms with Gasteiger partial charge in [-0.15, -0.1) is 0 Å². The largest absolute Gasteiger partial charge is 0.494 e. The van der Waals surface area contributed by atoms with Gasteiger partial charge in [0.2, 0.25) is 5.91 Å². The van der Waals surface area contributed by atoms with E-state index in [0.29, 0.717) is 23.5 Å². The summed E-state index contributed by atoms with van der Waals surface area (Å²) in [6, 6.07) is 5.26. The highest BCUT2D eigenvalue weighted by Crippen LogP contribution is 2.36. The molecule has 4 rings (SSSR count). The van der Waals surface area contributed by atoms with Crippen LogP contribution in [0.1, 0.15) is 46.1 Å². The van der Waals surface area contributed by atoms with Crippen molar-refractivity contribution in [3.05, 3.63) is 29.6 Å².